The second kappa shape index (κ2) is 5.19. The maximum Gasteiger partial charge on any atom is 0.0863 e. The van der Waals surface area contributed by atoms with Crippen LogP contribution in [0.1, 0.15) is 58.3 Å². The number of rotatable bonds is 2. The summed E-state index contributed by atoms with van der Waals surface area (Å²) in [5.41, 5.74) is -1.38. The van der Waals surface area contributed by atoms with E-state index in [-0.39, 0.29) is 6.10 Å². The van der Waals surface area contributed by atoms with Gasteiger partial charge in [0.25, 0.3) is 0 Å². The van der Waals surface area contributed by atoms with Crippen molar-refractivity contribution in [2.24, 2.45) is 11.3 Å². The Kier molecular flexibility index (Phi) is 3.99. The first-order valence-electron chi connectivity index (χ1n) is 7.22. The van der Waals surface area contributed by atoms with Crippen molar-refractivity contribution in [3.63, 3.8) is 0 Å². The highest BCUT2D eigenvalue weighted by Crippen LogP contribution is 2.52. The predicted octanol–water partition coefficient (Wildman–Crippen LogP) is 3.03. The molecule has 0 aliphatic heterocycles. The van der Waals surface area contributed by atoms with Gasteiger partial charge in [-0.1, -0.05) is 19.8 Å². The van der Waals surface area contributed by atoms with Crippen molar-refractivity contribution in [3.8, 4) is 6.07 Å². The molecule has 0 spiro atoms. The maximum absolute atomic E-state index is 11.1. The van der Waals surface area contributed by atoms with Crippen molar-refractivity contribution < 1.29 is 9.84 Å². The van der Waals surface area contributed by atoms with Crippen molar-refractivity contribution >= 4 is 0 Å². The summed E-state index contributed by atoms with van der Waals surface area (Å²) in [5.74, 6) is 0.547. The molecular formula is C15H25NO2. The topological polar surface area (TPSA) is 53.2 Å². The molecule has 102 valence electrons. The molecule has 0 amide bonds. The van der Waals surface area contributed by atoms with E-state index >= 15 is 0 Å². The van der Waals surface area contributed by atoms with Crippen LogP contribution in [0.25, 0.3) is 0 Å². The lowest BCUT2D eigenvalue weighted by atomic mass is 9.57. The summed E-state index contributed by atoms with van der Waals surface area (Å²) in [4.78, 5) is 0. The molecule has 4 unspecified atom stereocenters. The Labute approximate surface area is 110 Å². The minimum Gasteiger partial charge on any atom is -0.388 e. The normalized spacial score (nSPS) is 45.4. The van der Waals surface area contributed by atoms with E-state index in [1.807, 2.05) is 0 Å². The molecule has 18 heavy (non-hydrogen) atoms. The highest BCUT2D eigenvalue weighted by Gasteiger charge is 2.54. The van der Waals surface area contributed by atoms with E-state index in [2.05, 4.69) is 13.0 Å². The minimum atomic E-state index is -0.838. The van der Waals surface area contributed by atoms with Crippen molar-refractivity contribution in [1.29, 1.82) is 5.26 Å². The number of hydrogen-bond donors (Lipinski definition) is 1. The summed E-state index contributed by atoms with van der Waals surface area (Å²) in [7, 11) is 1.71. The van der Waals surface area contributed by atoms with E-state index in [1.54, 1.807) is 7.11 Å². The fraction of sp³-hybridized carbons (Fsp3) is 0.933. The van der Waals surface area contributed by atoms with Crippen LogP contribution >= 0.6 is 0 Å². The number of nitriles is 1. The second-order valence-electron chi connectivity index (χ2n) is 6.38. The van der Waals surface area contributed by atoms with Gasteiger partial charge in [0.15, 0.2) is 0 Å². The average molecular weight is 251 g/mol. The van der Waals surface area contributed by atoms with Crippen LogP contribution in [0.5, 0.6) is 0 Å². The summed E-state index contributed by atoms with van der Waals surface area (Å²) in [6.07, 6.45) is 7.42. The number of nitrogens with zero attached hydrogens (tertiary/aromatic N) is 1. The molecule has 0 radical (unpaired) electrons. The first kappa shape index (κ1) is 13.8. The molecule has 2 aliphatic carbocycles. The monoisotopic (exact) mass is 251 g/mol. The highest BCUT2D eigenvalue weighted by molar-refractivity contribution is 5.14. The zero-order valence-corrected chi connectivity index (χ0v) is 11.6. The van der Waals surface area contributed by atoms with Crippen molar-refractivity contribution in [2.45, 2.75) is 70.0 Å². The molecule has 0 aromatic heterocycles. The van der Waals surface area contributed by atoms with Crippen LogP contribution in [0.3, 0.4) is 0 Å². The minimum absolute atomic E-state index is 0.117. The molecule has 0 aromatic rings. The molecule has 0 aromatic carbocycles. The van der Waals surface area contributed by atoms with Crippen LogP contribution < -0.4 is 0 Å². The van der Waals surface area contributed by atoms with E-state index in [0.717, 1.165) is 38.5 Å². The smallest absolute Gasteiger partial charge is 0.0863 e. The maximum atomic E-state index is 11.1. The number of methoxy groups -OCH3 is 1. The summed E-state index contributed by atoms with van der Waals surface area (Å²) in [5, 5.41) is 20.7. The highest BCUT2D eigenvalue weighted by atomic mass is 16.5. The van der Waals surface area contributed by atoms with Crippen LogP contribution in [0.15, 0.2) is 0 Å². The van der Waals surface area contributed by atoms with E-state index in [1.165, 1.54) is 6.42 Å². The average Bonchev–Trinajstić information content (AvgIpc) is 2.38. The van der Waals surface area contributed by atoms with E-state index in [0.29, 0.717) is 12.3 Å². The van der Waals surface area contributed by atoms with Crippen molar-refractivity contribution in [2.75, 3.05) is 7.11 Å². The molecule has 1 N–H and O–H groups in total. The molecule has 2 fully saturated rings. The van der Waals surface area contributed by atoms with E-state index < -0.39 is 11.0 Å². The zero-order valence-electron chi connectivity index (χ0n) is 11.6. The van der Waals surface area contributed by atoms with Gasteiger partial charge in [-0.25, -0.2) is 0 Å². The van der Waals surface area contributed by atoms with Crippen LogP contribution in [0.2, 0.25) is 0 Å². The standard InChI is InChI=1S/C15H25NO2/c1-12-5-3-7-14(9-12,11-16)15(17)8-4-6-13(10-15)18-2/h12-13,17H,3-10H2,1-2H3. The summed E-state index contributed by atoms with van der Waals surface area (Å²) >= 11 is 0. The lowest BCUT2D eigenvalue weighted by Crippen LogP contribution is -2.53. The zero-order chi connectivity index (χ0) is 13.2. The largest absolute Gasteiger partial charge is 0.388 e. The Morgan fingerprint density at radius 2 is 1.94 bits per heavy atom. The van der Waals surface area contributed by atoms with Crippen molar-refractivity contribution in [1.82, 2.24) is 0 Å². The number of ether oxygens (including phenoxy) is 1. The van der Waals surface area contributed by atoms with Gasteiger partial charge < -0.3 is 9.84 Å². The Morgan fingerprint density at radius 3 is 2.56 bits per heavy atom. The Bertz CT molecular complexity index is 338. The molecule has 2 aliphatic rings. The van der Waals surface area contributed by atoms with Gasteiger partial charge in [0, 0.05) is 13.5 Å². The van der Waals surface area contributed by atoms with E-state index in [9.17, 15) is 10.4 Å². The fourth-order valence-corrected chi connectivity index (χ4v) is 4.02. The molecule has 2 rings (SSSR count). The molecule has 0 saturated heterocycles. The third-order valence-electron chi connectivity index (χ3n) is 5.12. The number of hydrogen-bond acceptors (Lipinski definition) is 3. The van der Waals surface area contributed by atoms with Crippen LogP contribution in [-0.4, -0.2) is 23.9 Å². The third-order valence-corrected chi connectivity index (χ3v) is 5.12. The summed E-state index contributed by atoms with van der Waals surface area (Å²) in [6.45, 7) is 2.20. The van der Waals surface area contributed by atoms with Crippen LogP contribution in [0.4, 0.5) is 0 Å². The quantitative estimate of drug-likeness (QED) is 0.820. The third kappa shape index (κ3) is 2.29. The Hall–Kier alpha value is -0.590. The second-order valence-corrected chi connectivity index (χ2v) is 6.38. The SMILES string of the molecule is COC1CCCC(O)(C2(C#N)CCCC(C)C2)C1. The van der Waals surface area contributed by atoms with E-state index in [4.69, 9.17) is 4.74 Å². The summed E-state index contributed by atoms with van der Waals surface area (Å²) in [6, 6.07) is 2.50. The van der Waals surface area contributed by atoms with Gasteiger partial charge in [0.1, 0.15) is 0 Å². The molecule has 3 nitrogen and oxygen atoms in total. The number of aliphatic hydroxyl groups is 1. The first-order chi connectivity index (χ1) is 8.55. The molecule has 3 heteroatoms. The van der Waals surface area contributed by atoms with Gasteiger partial charge in [-0.3, -0.25) is 0 Å². The van der Waals surface area contributed by atoms with Gasteiger partial charge in [-0.2, -0.15) is 5.26 Å². The summed E-state index contributed by atoms with van der Waals surface area (Å²) < 4.78 is 5.42. The predicted molar refractivity (Wildman–Crippen MR) is 69.9 cm³/mol. The molecule has 0 bridgehead atoms. The molecule has 2 saturated carbocycles. The van der Waals surface area contributed by atoms with Gasteiger partial charge in [0.05, 0.1) is 23.2 Å². The lowest BCUT2D eigenvalue weighted by molar-refractivity contribution is -0.134. The van der Waals surface area contributed by atoms with Gasteiger partial charge in [-0.15, -0.1) is 0 Å². The van der Waals surface area contributed by atoms with Gasteiger partial charge in [-0.05, 0) is 38.0 Å². The first-order valence-corrected chi connectivity index (χ1v) is 7.22. The fourth-order valence-electron chi connectivity index (χ4n) is 4.02. The Morgan fingerprint density at radius 1 is 1.22 bits per heavy atom. The lowest BCUT2D eigenvalue weighted by Gasteiger charge is -2.49. The van der Waals surface area contributed by atoms with Crippen LogP contribution in [0, 0.1) is 22.7 Å². The van der Waals surface area contributed by atoms with Crippen molar-refractivity contribution in [3.05, 3.63) is 0 Å². The molecule has 0 heterocycles. The van der Waals surface area contributed by atoms with Crippen LogP contribution in [-0.2, 0) is 4.74 Å². The van der Waals surface area contributed by atoms with Gasteiger partial charge >= 0.3 is 0 Å². The molecule has 4 atom stereocenters. The Balaban J connectivity index is 2.22. The van der Waals surface area contributed by atoms with Gasteiger partial charge in [0.2, 0.25) is 0 Å². The molecular weight excluding hydrogens is 226 g/mol.